The molecule has 1 aromatic carbocycles. The SMILES string of the molecule is Cn1nc(C2CCCCC2)nc1COc1ccccc1N. The number of ether oxygens (including phenoxy) is 1. The Morgan fingerprint density at radius 2 is 2.00 bits per heavy atom. The molecule has 2 aromatic rings. The number of anilines is 1. The molecule has 0 radical (unpaired) electrons. The fraction of sp³-hybridized carbons (Fsp3) is 0.500. The van der Waals surface area contributed by atoms with Crippen molar-refractivity contribution in [1.82, 2.24) is 14.8 Å². The summed E-state index contributed by atoms with van der Waals surface area (Å²) in [7, 11) is 1.92. The minimum absolute atomic E-state index is 0.393. The smallest absolute Gasteiger partial charge is 0.164 e. The molecule has 0 aliphatic heterocycles. The summed E-state index contributed by atoms with van der Waals surface area (Å²) in [4.78, 5) is 4.66. The van der Waals surface area contributed by atoms with Crippen molar-refractivity contribution in [3.63, 3.8) is 0 Å². The molecule has 0 amide bonds. The van der Waals surface area contributed by atoms with Crippen molar-refractivity contribution >= 4 is 5.69 Å². The van der Waals surface area contributed by atoms with Crippen molar-refractivity contribution < 1.29 is 4.74 Å². The van der Waals surface area contributed by atoms with Gasteiger partial charge in [0, 0.05) is 13.0 Å². The van der Waals surface area contributed by atoms with Gasteiger partial charge in [0.1, 0.15) is 12.4 Å². The van der Waals surface area contributed by atoms with Crippen LogP contribution in [0, 0.1) is 0 Å². The van der Waals surface area contributed by atoms with Crippen LogP contribution in [0.15, 0.2) is 24.3 Å². The summed E-state index contributed by atoms with van der Waals surface area (Å²) in [5, 5.41) is 4.56. The second-order valence-electron chi connectivity index (χ2n) is 5.67. The first kappa shape index (κ1) is 13.9. The molecule has 0 bridgehead atoms. The summed E-state index contributed by atoms with van der Waals surface area (Å²) < 4.78 is 7.58. The molecule has 0 saturated heterocycles. The first-order valence-corrected chi connectivity index (χ1v) is 7.61. The second kappa shape index (κ2) is 6.16. The van der Waals surface area contributed by atoms with E-state index in [-0.39, 0.29) is 0 Å². The number of aromatic nitrogens is 3. The van der Waals surface area contributed by atoms with E-state index in [0.717, 1.165) is 11.6 Å². The number of hydrogen-bond acceptors (Lipinski definition) is 4. The highest BCUT2D eigenvalue weighted by molar-refractivity contribution is 5.51. The third-order valence-corrected chi connectivity index (χ3v) is 4.12. The Balaban J connectivity index is 1.68. The van der Waals surface area contributed by atoms with Gasteiger partial charge in [0.2, 0.25) is 0 Å². The standard InChI is InChI=1S/C16H22N4O/c1-20-15(11-21-14-10-6-5-9-13(14)17)18-16(19-20)12-7-3-2-4-8-12/h5-6,9-10,12H,2-4,7-8,11,17H2,1H3. The lowest BCUT2D eigenvalue weighted by Crippen LogP contribution is -2.06. The van der Waals surface area contributed by atoms with Gasteiger partial charge in [-0.15, -0.1) is 0 Å². The van der Waals surface area contributed by atoms with Crippen LogP contribution in [0.5, 0.6) is 5.75 Å². The highest BCUT2D eigenvalue weighted by Crippen LogP contribution is 2.30. The van der Waals surface area contributed by atoms with Gasteiger partial charge in [0.15, 0.2) is 11.6 Å². The minimum Gasteiger partial charge on any atom is -0.483 e. The summed E-state index contributed by atoms with van der Waals surface area (Å²) >= 11 is 0. The van der Waals surface area contributed by atoms with Crippen LogP contribution in [0.2, 0.25) is 0 Å². The van der Waals surface area contributed by atoms with E-state index in [9.17, 15) is 0 Å². The maximum Gasteiger partial charge on any atom is 0.164 e. The Kier molecular flexibility index (Phi) is 4.08. The zero-order chi connectivity index (χ0) is 14.7. The Labute approximate surface area is 125 Å². The number of hydrogen-bond donors (Lipinski definition) is 1. The van der Waals surface area contributed by atoms with Crippen LogP contribution in [-0.4, -0.2) is 14.8 Å². The van der Waals surface area contributed by atoms with Gasteiger partial charge in [0.25, 0.3) is 0 Å². The average Bonchev–Trinajstić information content (AvgIpc) is 2.89. The van der Waals surface area contributed by atoms with E-state index in [1.54, 1.807) is 0 Å². The molecule has 3 rings (SSSR count). The highest BCUT2D eigenvalue weighted by atomic mass is 16.5. The molecule has 1 saturated carbocycles. The molecule has 0 unspecified atom stereocenters. The Morgan fingerprint density at radius 1 is 1.24 bits per heavy atom. The van der Waals surface area contributed by atoms with Gasteiger partial charge < -0.3 is 10.5 Å². The largest absolute Gasteiger partial charge is 0.483 e. The first-order valence-electron chi connectivity index (χ1n) is 7.61. The molecule has 0 atom stereocenters. The lowest BCUT2D eigenvalue weighted by Gasteiger charge is -2.18. The van der Waals surface area contributed by atoms with Gasteiger partial charge in [0.05, 0.1) is 5.69 Å². The second-order valence-corrected chi connectivity index (χ2v) is 5.67. The van der Waals surface area contributed by atoms with E-state index in [2.05, 4.69) is 10.1 Å². The van der Waals surface area contributed by atoms with Crippen LogP contribution in [-0.2, 0) is 13.7 Å². The van der Waals surface area contributed by atoms with Crippen LogP contribution in [0.1, 0.15) is 49.7 Å². The third kappa shape index (κ3) is 3.17. The molecule has 1 aliphatic rings. The molecule has 1 fully saturated rings. The molecular formula is C16H22N4O. The maximum atomic E-state index is 5.88. The molecular weight excluding hydrogens is 264 g/mol. The number of benzene rings is 1. The molecule has 112 valence electrons. The van der Waals surface area contributed by atoms with Crippen molar-refractivity contribution in [2.75, 3.05) is 5.73 Å². The van der Waals surface area contributed by atoms with Gasteiger partial charge in [-0.05, 0) is 25.0 Å². The van der Waals surface area contributed by atoms with Crippen molar-refractivity contribution in [2.24, 2.45) is 7.05 Å². The number of para-hydroxylation sites is 2. The predicted octanol–water partition coefficient (Wildman–Crippen LogP) is 3.02. The van der Waals surface area contributed by atoms with Crippen LogP contribution in [0.3, 0.4) is 0 Å². The molecule has 1 heterocycles. The summed E-state index contributed by atoms with van der Waals surface area (Å²) in [6, 6.07) is 7.51. The molecule has 2 N–H and O–H groups in total. The number of aryl methyl sites for hydroxylation is 1. The van der Waals surface area contributed by atoms with Crippen molar-refractivity contribution in [3.05, 3.63) is 35.9 Å². The van der Waals surface area contributed by atoms with E-state index in [1.807, 2.05) is 36.0 Å². The molecule has 5 heteroatoms. The molecule has 1 aromatic heterocycles. The summed E-state index contributed by atoms with van der Waals surface area (Å²) in [6.07, 6.45) is 6.32. The summed E-state index contributed by atoms with van der Waals surface area (Å²) in [5.41, 5.74) is 6.52. The van der Waals surface area contributed by atoms with Crippen LogP contribution in [0.4, 0.5) is 5.69 Å². The Hall–Kier alpha value is -2.04. The van der Waals surface area contributed by atoms with Crippen LogP contribution >= 0.6 is 0 Å². The van der Waals surface area contributed by atoms with E-state index >= 15 is 0 Å². The Bertz CT molecular complexity index is 602. The number of nitrogens with zero attached hydrogens (tertiary/aromatic N) is 3. The molecule has 21 heavy (non-hydrogen) atoms. The van der Waals surface area contributed by atoms with Gasteiger partial charge in [-0.1, -0.05) is 31.4 Å². The summed E-state index contributed by atoms with van der Waals surface area (Å²) in [6.45, 7) is 0.393. The molecule has 5 nitrogen and oxygen atoms in total. The van der Waals surface area contributed by atoms with Crippen molar-refractivity contribution in [3.8, 4) is 5.75 Å². The monoisotopic (exact) mass is 286 g/mol. The fourth-order valence-corrected chi connectivity index (χ4v) is 2.85. The van der Waals surface area contributed by atoms with E-state index in [1.165, 1.54) is 32.1 Å². The fourth-order valence-electron chi connectivity index (χ4n) is 2.85. The Morgan fingerprint density at radius 3 is 2.76 bits per heavy atom. The lowest BCUT2D eigenvalue weighted by atomic mass is 9.89. The van der Waals surface area contributed by atoms with Crippen molar-refractivity contribution in [1.29, 1.82) is 0 Å². The normalized spacial score (nSPS) is 16.0. The summed E-state index contributed by atoms with van der Waals surface area (Å²) in [5.74, 6) is 3.02. The van der Waals surface area contributed by atoms with E-state index in [4.69, 9.17) is 10.5 Å². The number of nitrogens with two attached hydrogens (primary N) is 1. The van der Waals surface area contributed by atoms with Gasteiger partial charge in [-0.25, -0.2) is 9.67 Å². The van der Waals surface area contributed by atoms with Gasteiger partial charge in [-0.2, -0.15) is 5.10 Å². The average molecular weight is 286 g/mol. The topological polar surface area (TPSA) is 66.0 Å². The zero-order valence-electron chi connectivity index (χ0n) is 12.5. The van der Waals surface area contributed by atoms with Crippen LogP contribution < -0.4 is 10.5 Å². The van der Waals surface area contributed by atoms with Crippen molar-refractivity contribution in [2.45, 2.75) is 44.6 Å². The first-order chi connectivity index (χ1) is 10.2. The predicted molar refractivity (Wildman–Crippen MR) is 82.0 cm³/mol. The maximum absolute atomic E-state index is 5.88. The number of rotatable bonds is 4. The van der Waals surface area contributed by atoms with E-state index in [0.29, 0.717) is 24.0 Å². The number of nitrogen functional groups attached to an aromatic ring is 1. The lowest BCUT2D eigenvalue weighted by molar-refractivity contribution is 0.291. The zero-order valence-corrected chi connectivity index (χ0v) is 12.5. The van der Waals surface area contributed by atoms with Crippen LogP contribution in [0.25, 0.3) is 0 Å². The van der Waals surface area contributed by atoms with Gasteiger partial charge >= 0.3 is 0 Å². The van der Waals surface area contributed by atoms with Gasteiger partial charge in [-0.3, -0.25) is 0 Å². The molecule has 0 spiro atoms. The molecule has 1 aliphatic carbocycles. The minimum atomic E-state index is 0.393. The van der Waals surface area contributed by atoms with E-state index < -0.39 is 0 Å². The quantitative estimate of drug-likeness (QED) is 0.877. The highest BCUT2D eigenvalue weighted by Gasteiger charge is 2.21. The third-order valence-electron chi connectivity index (χ3n) is 4.12.